The molecule has 0 aliphatic rings. The van der Waals surface area contributed by atoms with Gasteiger partial charge in [-0.3, -0.25) is 9.55 Å². The van der Waals surface area contributed by atoms with Crippen molar-refractivity contribution in [3.63, 3.8) is 0 Å². The first-order chi connectivity index (χ1) is 11.3. The maximum absolute atomic E-state index is 5.70. The lowest BCUT2D eigenvalue weighted by Crippen LogP contribution is -1.96. The van der Waals surface area contributed by atoms with Gasteiger partial charge in [0.2, 0.25) is 0 Å². The van der Waals surface area contributed by atoms with Crippen molar-refractivity contribution in [1.82, 2.24) is 19.5 Å². The second-order valence-electron chi connectivity index (χ2n) is 4.98. The molecule has 0 unspecified atom stereocenters. The molecule has 0 aliphatic carbocycles. The number of pyridine rings is 1. The molecule has 0 aliphatic heterocycles. The minimum atomic E-state index is 0.581. The first-order valence-corrected chi connectivity index (χ1v) is 7.95. The van der Waals surface area contributed by atoms with Gasteiger partial charge >= 0.3 is 0 Å². The molecular weight excluding hydrogens is 306 g/mol. The molecule has 0 atom stereocenters. The second-order valence-corrected chi connectivity index (χ2v) is 5.87. The summed E-state index contributed by atoms with van der Waals surface area (Å²) in [5.74, 6) is 0.865. The van der Waals surface area contributed by atoms with Crippen LogP contribution >= 0.6 is 11.3 Å². The zero-order chi connectivity index (χ0) is 15.6. The molecule has 5 nitrogen and oxygen atoms in total. The summed E-state index contributed by atoms with van der Waals surface area (Å²) in [5, 5.41) is 2.54. The van der Waals surface area contributed by atoms with E-state index in [-0.39, 0.29) is 0 Å². The summed E-state index contributed by atoms with van der Waals surface area (Å²) in [7, 11) is 0. The quantitative estimate of drug-likeness (QED) is 0.626. The van der Waals surface area contributed by atoms with Crippen molar-refractivity contribution < 1.29 is 0 Å². The Labute approximate surface area is 137 Å². The second kappa shape index (κ2) is 5.66. The van der Waals surface area contributed by atoms with E-state index in [1.54, 1.807) is 12.4 Å². The summed E-state index contributed by atoms with van der Waals surface area (Å²) in [6.07, 6.45) is 7.30. The first-order valence-electron chi connectivity index (χ1n) is 7.07. The largest absolute Gasteiger partial charge is 0.375 e. The van der Waals surface area contributed by atoms with Crippen molar-refractivity contribution >= 4 is 16.5 Å². The fourth-order valence-corrected chi connectivity index (χ4v) is 3.01. The van der Waals surface area contributed by atoms with Gasteiger partial charge < -0.3 is 5.73 Å². The van der Waals surface area contributed by atoms with Crippen LogP contribution in [-0.2, 0) is 0 Å². The Morgan fingerprint density at radius 1 is 1.00 bits per heavy atom. The molecule has 0 spiro atoms. The molecule has 112 valence electrons. The van der Waals surface area contributed by atoms with Gasteiger partial charge in [-0.2, -0.15) is 0 Å². The highest BCUT2D eigenvalue weighted by Gasteiger charge is 2.08. The normalized spacial score (nSPS) is 10.8. The minimum Gasteiger partial charge on any atom is -0.375 e. The first kappa shape index (κ1) is 13.7. The molecule has 23 heavy (non-hydrogen) atoms. The third-order valence-corrected chi connectivity index (χ3v) is 4.20. The van der Waals surface area contributed by atoms with Gasteiger partial charge in [0.15, 0.2) is 5.13 Å². The Morgan fingerprint density at radius 3 is 2.57 bits per heavy atom. The molecule has 4 rings (SSSR count). The van der Waals surface area contributed by atoms with Gasteiger partial charge in [0, 0.05) is 47.0 Å². The molecule has 4 aromatic rings. The number of nitrogens with two attached hydrogens (primary N) is 1. The topological polar surface area (TPSA) is 69.6 Å². The molecule has 6 heteroatoms. The van der Waals surface area contributed by atoms with Gasteiger partial charge in [-0.25, -0.2) is 9.97 Å². The number of aromatic nitrogens is 4. The monoisotopic (exact) mass is 319 g/mol. The number of benzene rings is 1. The van der Waals surface area contributed by atoms with E-state index in [2.05, 4.69) is 15.0 Å². The van der Waals surface area contributed by atoms with Crippen molar-refractivity contribution in [2.24, 2.45) is 0 Å². The Bertz CT molecular complexity index is 925. The smallest absolute Gasteiger partial charge is 0.180 e. The fraction of sp³-hybridized carbons (Fsp3) is 0. The van der Waals surface area contributed by atoms with Crippen LogP contribution in [0.3, 0.4) is 0 Å². The van der Waals surface area contributed by atoms with Crippen molar-refractivity contribution in [2.45, 2.75) is 0 Å². The van der Waals surface area contributed by atoms with Gasteiger partial charge in [0.05, 0.1) is 5.69 Å². The zero-order valence-electron chi connectivity index (χ0n) is 12.1. The Hall–Kier alpha value is -2.99. The van der Waals surface area contributed by atoms with Crippen LogP contribution in [0.4, 0.5) is 5.13 Å². The molecule has 0 amide bonds. The predicted octanol–water partition coefficient (Wildman–Crippen LogP) is 3.64. The van der Waals surface area contributed by atoms with Crippen LogP contribution in [-0.4, -0.2) is 19.5 Å². The third-order valence-electron chi connectivity index (χ3n) is 3.52. The van der Waals surface area contributed by atoms with E-state index in [0.29, 0.717) is 5.13 Å². The van der Waals surface area contributed by atoms with Crippen molar-refractivity contribution in [1.29, 1.82) is 0 Å². The van der Waals surface area contributed by atoms with Gasteiger partial charge in [-0.15, -0.1) is 11.3 Å². The van der Waals surface area contributed by atoms with Gasteiger partial charge in [0.25, 0.3) is 0 Å². The number of thiazole rings is 1. The number of rotatable bonds is 3. The van der Waals surface area contributed by atoms with Crippen LogP contribution in [0.15, 0.2) is 66.6 Å². The van der Waals surface area contributed by atoms with E-state index in [4.69, 9.17) is 5.73 Å². The molecule has 0 saturated heterocycles. The number of hydrogen-bond acceptors (Lipinski definition) is 5. The number of hydrogen-bond donors (Lipinski definition) is 1. The van der Waals surface area contributed by atoms with Crippen LogP contribution in [0, 0.1) is 0 Å². The lowest BCUT2D eigenvalue weighted by atomic mass is 10.1. The van der Waals surface area contributed by atoms with Crippen molar-refractivity contribution in [2.75, 3.05) is 5.73 Å². The van der Waals surface area contributed by atoms with Gasteiger partial charge in [0.1, 0.15) is 5.82 Å². The highest BCUT2D eigenvalue weighted by molar-refractivity contribution is 7.13. The van der Waals surface area contributed by atoms with Crippen LogP contribution in [0.25, 0.3) is 28.3 Å². The van der Waals surface area contributed by atoms with E-state index in [9.17, 15) is 0 Å². The fourth-order valence-electron chi connectivity index (χ4n) is 2.43. The summed E-state index contributed by atoms with van der Waals surface area (Å²) in [5.41, 5.74) is 9.66. The van der Waals surface area contributed by atoms with Crippen molar-refractivity contribution in [3.05, 3.63) is 66.6 Å². The lowest BCUT2D eigenvalue weighted by molar-refractivity contribution is 1.06. The van der Waals surface area contributed by atoms with E-state index >= 15 is 0 Å². The molecule has 2 N–H and O–H groups in total. The Morgan fingerprint density at radius 2 is 1.87 bits per heavy atom. The Balaban J connectivity index is 1.71. The molecule has 3 aromatic heterocycles. The average molecular weight is 319 g/mol. The molecule has 0 saturated carbocycles. The zero-order valence-corrected chi connectivity index (χ0v) is 12.9. The number of nitrogens with zero attached hydrogens (tertiary/aromatic N) is 4. The highest BCUT2D eigenvalue weighted by atomic mass is 32.1. The maximum atomic E-state index is 5.70. The van der Waals surface area contributed by atoms with Crippen molar-refractivity contribution in [3.8, 4) is 28.3 Å². The minimum absolute atomic E-state index is 0.581. The molecule has 0 radical (unpaired) electrons. The van der Waals surface area contributed by atoms with Crippen LogP contribution in [0.2, 0.25) is 0 Å². The number of anilines is 1. The SMILES string of the molecule is Nc1nc(-c2ccc(-n3ccnc3-c3cccnc3)cc2)cs1. The molecular formula is C17H13N5S. The summed E-state index contributed by atoms with van der Waals surface area (Å²) < 4.78 is 2.04. The van der Waals surface area contributed by atoms with Gasteiger partial charge in [-0.05, 0) is 24.3 Å². The highest BCUT2D eigenvalue weighted by Crippen LogP contribution is 2.26. The molecule has 1 aromatic carbocycles. The summed E-state index contributed by atoms with van der Waals surface area (Å²) in [6, 6.07) is 12.1. The maximum Gasteiger partial charge on any atom is 0.180 e. The summed E-state index contributed by atoms with van der Waals surface area (Å²) in [6.45, 7) is 0. The molecule has 0 bridgehead atoms. The van der Waals surface area contributed by atoms with Crippen LogP contribution in [0.5, 0.6) is 0 Å². The Kier molecular flexibility index (Phi) is 3.36. The summed E-state index contributed by atoms with van der Waals surface area (Å²) in [4.78, 5) is 12.9. The van der Waals surface area contributed by atoms with E-state index in [0.717, 1.165) is 28.3 Å². The number of nitrogen functional groups attached to an aromatic ring is 1. The molecule has 0 fully saturated rings. The van der Waals surface area contributed by atoms with Gasteiger partial charge in [-0.1, -0.05) is 12.1 Å². The van der Waals surface area contributed by atoms with E-state index in [1.807, 2.05) is 58.7 Å². The lowest BCUT2D eigenvalue weighted by Gasteiger charge is -2.08. The van der Waals surface area contributed by atoms with E-state index in [1.165, 1.54) is 11.3 Å². The van der Waals surface area contributed by atoms with Crippen LogP contribution < -0.4 is 5.73 Å². The third kappa shape index (κ3) is 2.60. The van der Waals surface area contributed by atoms with E-state index < -0.39 is 0 Å². The molecule has 3 heterocycles. The average Bonchev–Trinajstić information content (AvgIpc) is 3.25. The van der Waals surface area contributed by atoms with Crippen LogP contribution in [0.1, 0.15) is 0 Å². The standard InChI is InChI=1S/C17H13N5S/c18-17-21-15(11-23-17)12-3-5-14(6-4-12)22-9-8-20-16(22)13-2-1-7-19-10-13/h1-11H,(H2,18,21). The summed E-state index contributed by atoms with van der Waals surface area (Å²) >= 11 is 1.45. The predicted molar refractivity (Wildman–Crippen MR) is 92.3 cm³/mol. The number of imidazole rings is 1.